The van der Waals surface area contributed by atoms with Crippen molar-refractivity contribution in [3.8, 4) is 0 Å². The lowest BCUT2D eigenvalue weighted by Gasteiger charge is -2.46. The molecule has 1 amide bonds. The summed E-state index contributed by atoms with van der Waals surface area (Å²) < 4.78 is 16.1. The van der Waals surface area contributed by atoms with Crippen LogP contribution in [-0.4, -0.2) is 111 Å². The van der Waals surface area contributed by atoms with Gasteiger partial charge in [0.05, 0.1) is 19.3 Å². The molecule has 0 aromatic rings. The molecule has 7 N–H and O–H groups in total. The van der Waals surface area contributed by atoms with Gasteiger partial charge >= 0.3 is 0 Å². The van der Waals surface area contributed by atoms with Crippen LogP contribution in [0.2, 0.25) is 0 Å². The Morgan fingerprint density at radius 1 is 1.07 bits per heavy atom. The third kappa shape index (κ3) is 4.69. The number of aliphatic hydroxyl groups excluding tert-OH is 6. The lowest BCUT2D eigenvalue weighted by molar-refractivity contribution is -0.331. The van der Waals surface area contributed by atoms with E-state index in [0.29, 0.717) is 0 Å². The molecule has 2 rings (SSSR count). The quantitative estimate of drug-likeness (QED) is 0.128. The van der Waals surface area contributed by atoms with Crippen LogP contribution in [0.3, 0.4) is 0 Å². The fourth-order valence-corrected chi connectivity index (χ4v) is 3.12. The minimum absolute atomic E-state index is 0.580. The highest BCUT2D eigenvalue weighted by Gasteiger charge is 2.51. The summed E-state index contributed by atoms with van der Waals surface area (Å²) in [5.41, 5.74) is 8.72. The minimum Gasteiger partial charge on any atom is -0.394 e. The number of ether oxygens (including phenoxy) is 3. The molecule has 0 saturated carbocycles. The molecule has 0 aromatic carbocycles. The second kappa shape index (κ2) is 9.76. The molecule has 160 valence electrons. The number of hydrogen-bond acceptors (Lipinski definition) is 11. The number of azide groups is 1. The Hall–Kier alpha value is -1.58. The molecule has 2 saturated heterocycles. The molecular weight excluding hydrogens is 384 g/mol. The summed E-state index contributed by atoms with van der Waals surface area (Å²) in [6.07, 6.45) is -13.6. The topological polar surface area (TPSA) is 227 Å². The van der Waals surface area contributed by atoms with Gasteiger partial charge < -0.3 is 50.2 Å². The van der Waals surface area contributed by atoms with Gasteiger partial charge in [-0.1, -0.05) is 5.11 Å². The van der Waals surface area contributed by atoms with Gasteiger partial charge in [0.15, 0.2) is 12.5 Å². The predicted octanol–water partition coefficient (Wildman–Crippen LogP) is -3.94. The van der Waals surface area contributed by atoms with Gasteiger partial charge in [-0.3, -0.25) is 4.79 Å². The Balaban J connectivity index is 2.30. The molecule has 0 aromatic heterocycles. The largest absolute Gasteiger partial charge is 0.394 e. The Labute approximate surface area is 158 Å². The first kappa shape index (κ1) is 22.7. The molecular formula is C14H24N4O10. The predicted molar refractivity (Wildman–Crippen MR) is 87.1 cm³/mol. The van der Waals surface area contributed by atoms with E-state index in [2.05, 4.69) is 15.3 Å². The van der Waals surface area contributed by atoms with E-state index in [1.54, 1.807) is 0 Å². The Morgan fingerprint density at radius 2 is 1.68 bits per heavy atom. The maximum absolute atomic E-state index is 11.5. The highest BCUT2D eigenvalue weighted by Crippen LogP contribution is 2.29. The molecule has 14 nitrogen and oxygen atoms in total. The number of hydrogen-bond donors (Lipinski definition) is 7. The van der Waals surface area contributed by atoms with E-state index in [-0.39, 0.29) is 0 Å². The average molecular weight is 408 g/mol. The average Bonchev–Trinajstić information content (AvgIpc) is 2.66. The highest BCUT2D eigenvalue weighted by molar-refractivity contribution is 5.73. The number of rotatable bonds is 6. The zero-order valence-corrected chi connectivity index (χ0v) is 14.8. The molecule has 10 atom stereocenters. The SMILES string of the molecule is CC(=O)NC1[C@H](N=[N+]=[N-])OC(CO)[C@@H](O)[C@@H]1O[C@@H]1OC(CO)[C@H](O)[C@H](O)C1O. The van der Waals surface area contributed by atoms with Crippen molar-refractivity contribution < 1.29 is 49.6 Å². The minimum atomic E-state index is -1.77. The fraction of sp³-hybridized carbons (Fsp3) is 0.929. The number of aliphatic hydroxyl groups is 6. The van der Waals surface area contributed by atoms with Crippen LogP contribution in [0.4, 0.5) is 0 Å². The van der Waals surface area contributed by atoms with Crippen LogP contribution in [0, 0.1) is 0 Å². The zero-order valence-electron chi connectivity index (χ0n) is 14.8. The first-order valence-corrected chi connectivity index (χ1v) is 8.46. The van der Waals surface area contributed by atoms with E-state index in [9.17, 15) is 35.4 Å². The van der Waals surface area contributed by atoms with Crippen LogP contribution in [0.15, 0.2) is 5.11 Å². The molecule has 14 heteroatoms. The van der Waals surface area contributed by atoms with Crippen molar-refractivity contribution in [2.45, 2.75) is 68.2 Å². The van der Waals surface area contributed by atoms with Gasteiger partial charge in [-0.15, -0.1) is 0 Å². The van der Waals surface area contributed by atoms with Crippen molar-refractivity contribution in [3.63, 3.8) is 0 Å². The van der Waals surface area contributed by atoms with E-state index >= 15 is 0 Å². The second-order valence-corrected chi connectivity index (χ2v) is 6.47. The number of nitrogens with zero attached hydrogens (tertiary/aromatic N) is 3. The zero-order chi connectivity index (χ0) is 21.0. The summed E-state index contributed by atoms with van der Waals surface area (Å²) in [6, 6.07) is -1.24. The van der Waals surface area contributed by atoms with Gasteiger partial charge in [0, 0.05) is 11.8 Å². The Bertz CT molecular complexity index is 588. The summed E-state index contributed by atoms with van der Waals surface area (Å²) in [4.78, 5) is 14.1. The molecule has 2 aliphatic heterocycles. The molecule has 28 heavy (non-hydrogen) atoms. The maximum atomic E-state index is 11.5. The van der Waals surface area contributed by atoms with Gasteiger partial charge in [-0.25, -0.2) is 0 Å². The summed E-state index contributed by atoms with van der Waals surface area (Å²) >= 11 is 0. The van der Waals surface area contributed by atoms with Gasteiger partial charge in [0.25, 0.3) is 0 Å². The number of amides is 1. The molecule has 0 bridgehead atoms. The van der Waals surface area contributed by atoms with Gasteiger partial charge in [-0.2, -0.15) is 0 Å². The van der Waals surface area contributed by atoms with Crippen LogP contribution in [0.25, 0.3) is 10.4 Å². The smallest absolute Gasteiger partial charge is 0.217 e. The Morgan fingerprint density at radius 3 is 2.21 bits per heavy atom. The van der Waals surface area contributed by atoms with Crippen LogP contribution >= 0.6 is 0 Å². The first-order chi connectivity index (χ1) is 13.2. The number of nitrogens with one attached hydrogen (secondary N) is 1. The van der Waals surface area contributed by atoms with Gasteiger partial charge in [0.1, 0.15) is 42.7 Å². The summed E-state index contributed by atoms with van der Waals surface area (Å²) in [5, 5.41) is 64.7. The molecule has 0 aliphatic carbocycles. The Kier molecular flexibility index (Phi) is 7.91. The van der Waals surface area contributed by atoms with Crippen LogP contribution < -0.4 is 5.32 Å². The molecule has 0 spiro atoms. The molecule has 2 fully saturated rings. The monoisotopic (exact) mass is 408 g/mol. The van der Waals surface area contributed by atoms with Crippen molar-refractivity contribution in [3.05, 3.63) is 10.4 Å². The second-order valence-electron chi connectivity index (χ2n) is 6.47. The summed E-state index contributed by atoms with van der Waals surface area (Å²) in [7, 11) is 0. The van der Waals surface area contributed by atoms with E-state index in [1.807, 2.05) is 0 Å². The maximum Gasteiger partial charge on any atom is 0.217 e. The third-order valence-electron chi connectivity index (χ3n) is 4.55. The van der Waals surface area contributed by atoms with Crippen LogP contribution in [0.5, 0.6) is 0 Å². The van der Waals surface area contributed by atoms with E-state index in [4.69, 9.17) is 19.7 Å². The summed E-state index contributed by atoms with van der Waals surface area (Å²) in [5.74, 6) is -0.580. The van der Waals surface area contributed by atoms with E-state index < -0.39 is 80.4 Å². The summed E-state index contributed by atoms with van der Waals surface area (Å²) in [6.45, 7) is -0.223. The fourth-order valence-electron chi connectivity index (χ4n) is 3.12. The molecule has 4 unspecified atom stereocenters. The van der Waals surface area contributed by atoms with Crippen LogP contribution in [0.1, 0.15) is 6.92 Å². The first-order valence-electron chi connectivity index (χ1n) is 8.46. The van der Waals surface area contributed by atoms with E-state index in [0.717, 1.165) is 6.92 Å². The lowest BCUT2D eigenvalue weighted by atomic mass is 9.95. The lowest BCUT2D eigenvalue weighted by Crippen LogP contribution is -2.67. The van der Waals surface area contributed by atoms with Crippen molar-refractivity contribution in [2.24, 2.45) is 5.11 Å². The molecule has 2 heterocycles. The van der Waals surface area contributed by atoms with Crippen molar-refractivity contribution in [1.82, 2.24) is 5.32 Å². The normalized spacial score (nSPS) is 43.8. The standard InChI is InChI=1S/C14H24N4O10/c1-4(21)16-7-12(9(23)6(3-20)26-13(7)17-18-15)28-14-11(25)10(24)8(22)5(2-19)27-14/h5-14,19-20,22-25H,2-3H2,1H3,(H,16,21)/t5?,6?,7?,8-,9+,10-,11?,12+,13+,14-/m0/s1. The number of carbonyl (C=O) groups excluding carboxylic acids is 1. The molecule has 2 aliphatic rings. The van der Waals surface area contributed by atoms with E-state index in [1.165, 1.54) is 0 Å². The van der Waals surface area contributed by atoms with Crippen LogP contribution in [-0.2, 0) is 19.0 Å². The number of carbonyl (C=O) groups is 1. The van der Waals surface area contributed by atoms with Crippen molar-refractivity contribution >= 4 is 5.91 Å². The highest BCUT2D eigenvalue weighted by atomic mass is 16.7. The van der Waals surface area contributed by atoms with Crippen molar-refractivity contribution in [2.75, 3.05) is 13.2 Å². The third-order valence-corrected chi connectivity index (χ3v) is 4.55. The van der Waals surface area contributed by atoms with Crippen molar-refractivity contribution in [1.29, 1.82) is 0 Å². The van der Waals surface area contributed by atoms with Gasteiger partial charge in [0.2, 0.25) is 5.91 Å². The molecule has 0 radical (unpaired) electrons. The van der Waals surface area contributed by atoms with Gasteiger partial charge in [-0.05, 0) is 5.53 Å².